The van der Waals surface area contributed by atoms with E-state index in [9.17, 15) is 13.2 Å². The van der Waals surface area contributed by atoms with Crippen molar-refractivity contribution < 1.29 is 13.2 Å². The lowest BCUT2D eigenvalue weighted by atomic mass is 9.97. The van der Waals surface area contributed by atoms with Gasteiger partial charge in [0.05, 0.1) is 5.02 Å². The average Bonchev–Trinajstić information content (AvgIpc) is 2.86. The van der Waals surface area contributed by atoms with Crippen LogP contribution < -0.4 is 0 Å². The Morgan fingerprint density at radius 2 is 1.88 bits per heavy atom. The molecule has 3 saturated heterocycles. The van der Waals surface area contributed by atoms with Gasteiger partial charge in [0.15, 0.2) is 0 Å². The molecule has 1 aromatic carbocycles. The maximum atomic E-state index is 13.1. The van der Waals surface area contributed by atoms with Crippen LogP contribution in [0.3, 0.4) is 0 Å². The molecule has 3 heterocycles. The fourth-order valence-corrected chi connectivity index (χ4v) is 5.77. The Kier molecular flexibility index (Phi) is 4.77. The normalized spacial score (nSPS) is 24.7. The van der Waals surface area contributed by atoms with Crippen LogP contribution in [0.5, 0.6) is 0 Å². The Bertz CT molecular complexity index is 738. The van der Waals surface area contributed by atoms with Crippen molar-refractivity contribution in [2.75, 3.05) is 33.7 Å². The molecule has 3 aliphatic heterocycles. The van der Waals surface area contributed by atoms with E-state index in [4.69, 9.17) is 11.6 Å². The second-order valence-electron chi connectivity index (χ2n) is 6.68. The van der Waals surface area contributed by atoms with Crippen LogP contribution in [0, 0.1) is 5.92 Å². The van der Waals surface area contributed by atoms with E-state index >= 15 is 0 Å². The predicted molar refractivity (Wildman–Crippen MR) is 92.5 cm³/mol. The van der Waals surface area contributed by atoms with Crippen molar-refractivity contribution in [3.63, 3.8) is 0 Å². The third kappa shape index (κ3) is 3.12. The number of rotatable bonds is 2. The molecule has 8 heteroatoms. The van der Waals surface area contributed by atoms with Crippen molar-refractivity contribution in [2.24, 2.45) is 5.92 Å². The summed E-state index contributed by atoms with van der Waals surface area (Å²) in [6.45, 7) is 1.47. The number of fused-ring (bicyclic) bond motifs is 4. The van der Waals surface area contributed by atoms with Crippen LogP contribution in [0.2, 0.25) is 5.02 Å². The molecule has 0 radical (unpaired) electrons. The van der Waals surface area contributed by atoms with Gasteiger partial charge in [-0.3, -0.25) is 0 Å². The van der Waals surface area contributed by atoms with Crippen LogP contribution >= 0.6 is 11.6 Å². The van der Waals surface area contributed by atoms with E-state index in [1.54, 1.807) is 47.6 Å². The van der Waals surface area contributed by atoms with Crippen molar-refractivity contribution in [2.45, 2.75) is 23.8 Å². The van der Waals surface area contributed by atoms with Gasteiger partial charge in [0.1, 0.15) is 4.90 Å². The fourth-order valence-electron chi connectivity index (χ4n) is 3.55. The van der Waals surface area contributed by atoms with Crippen LogP contribution in [0.4, 0.5) is 4.79 Å². The summed E-state index contributed by atoms with van der Waals surface area (Å²) in [5.74, 6) is 0.157. The van der Waals surface area contributed by atoms with E-state index in [2.05, 4.69) is 0 Å². The van der Waals surface area contributed by atoms with E-state index in [1.807, 2.05) is 0 Å². The lowest BCUT2D eigenvalue weighted by Crippen LogP contribution is -2.48. The second kappa shape index (κ2) is 6.54. The summed E-state index contributed by atoms with van der Waals surface area (Å²) in [5, 5.41) is 0.235. The number of benzene rings is 1. The molecule has 2 bridgehead atoms. The molecule has 2 atom stereocenters. The largest absolute Gasteiger partial charge is 0.331 e. The van der Waals surface area contributed by atoms with Crippen LogP contribution in [0.25, 0.3) is 0 Å². The SMILES string of the molecule is CN(C)C(=O)N1CC2CCC(C1)N(S(=O)(=O)c1ccccc1Cl)C2. The van der Waals surface area contributed by atoms with Crippen LogP contribution in [-0.2, 0) is 10.0 Å². The molecule has 3 aliphatic rings. The highest BCUT2D eigenvalue weighted by atomic mass is 35.5. The first kappa shape index (κ1) is 17.5. The first-order chi connectivity index (χ1) is 11.3. The molecule has 0 N–H and O–H groups in total. The third-order valence-electron chi connectivity index (χ3n) is 4.74. The summed E-state index contributed by atoms with van der Waals surface area (Å²) in [4.78, 5) is 15.8. The lowest BCUT2D eigenvalue weighted by molar-refractivity contribution is 0.167. The van der Waals surface area contributed by atoms with Gasteiger partial charge in [-0.1, -0.05) is 23.7 Å². The lowest BCUT2D eigenvalue weighted by Gasteiger charge is -2.35. The maximum absolute atomic E-state index is 13.1. The quantitative estimate of drug-likeness (QED) is 0.799. The molecule has 0 saturated carbocycles. The topological polar surface area (TPSA) is 60.9 Å². The molecule has 4 rings (SSSR count). The summed E-state index contributed by atoms with van der Waals surface area (Å²) < 4.78 is 27.7. The first-order valence-corrected chi connectivity index (χ1v) is 9.85. The summed E-state index contributed by atoms with van der Waals surface area (Å²) in [7, 11) is -0.235. The summed E-state index contributed by atoms with van der Waals surface area (Å²) in [6, 6.07) is 6.26. The highest BCUT2D eigenvalue weighted by molar-refractivity contribution is 7.89. The Morgan fingerprint density at radius 1 is 1.17 bits per heavy atom. The predicted octanol–water partition coefficient (Wildman–Crippen LogP) is 2.11. The van der Waals surface area contributed by atoms with E-state index < -0.39 is 10.0 Å². The third-order valence-corrected chi connectivity index (χ3v) is 7.16. The average molecular weight is 372 g/mol. The van der Waals surface area contributed by atoms with Gasteiger partial charge >= 0.3 is 6.03 Å². The minimum Gasteiger partial charge on any atom is -0.331 e. The molecular formula is C16H22ClN3O3S. The van der Waals surface area contributed by atoms with Gasteiger partial charge in [0, 0.05) is 39.8 Å². The van der Waals surface area contributed by atoms with Gasteiger partial charge in [-0.2, -0.15) is 4.31 Å². The number of sulfonamides is 1. The number of urea groups is 1. The molecule has 2 amide bonds. The van der Waals surface area contributed by atoms with Crippen LogP contribution in [0.1, 0.15) is 12.8 Å². The first-order valence-electron chi connectivity index (χ1n) is 8.03. The van der Waals surface area contributed by atoms with Crippen LogP contribution in [0.15, 0.2) is 29.2 Å². The molecule has 2 unspecified atom stereocenters. The molecular weight excluding hydrogens is 350 g/mol. The van der Waals surface area contributed by atoms with E-state index in [0.29, 0.717) is 19.6 Å². The highest BCUT2D eigenvalue weighted by Crippen LogP contribution is 2.34. The molecule has 0 spiro atoms. The van der Waals surface area contributed by atoms with Crippen molar-refractivity contribution in [3.05, 3.63) is 29.3 Å². The minimum absolute atomic E-state index is 0.0658. The standard InChI is InChI=1S/C16H22ClN3O3S/c1-18(2)16(21)19-9-12-7-8-13(11-19)20(10-12)24(22,23)15-6-4-3-5-14(15)17/h3-6,12-13H,7-11H2,1-2H3. The Hall–Kier alpha value is -1.31. The fraction of sp³-hybridized carbons (Fsp3) is 0.562. The Balaban J connectivity index is 1.91. The van der Waals surface area contributed by atoms with Crippen molar-refractivity contribution in [1.82, 2.24) is 14.1 Å². The van der Waals surface area contributed by atoms with Gasteiger partial charge < -0.3 is 9.80 Å². The number of amides is 2. The van der Waals surface area contributed by atoms with Crippen LogP contribution in [-0.4, -0.2) is 68.3 Å². The van der Waals surface area contributed by atoms with Gasteiger partial charge in [-0.15, -0.1) is 0 Å². The summed E-state index contributed by atoms with van der Waals surface area (Å²) >= 11 is 6.11. The highest BCUT2D eigenvalue weighted by Gasteiger charge is 2.42. The van der Waals surface area contributed by atoms with Crippen molar-refractivity contribution in [1.29, 1.82) is 0 Å². The molecule has 6 nitrogen and oxygen atoms in total. The molecule has 1 aromatic rings. The zero-order chi connectivity index (χ0) is 17.5. The number of nitrogens with zero attached hydrogens (tertiary/aromatic N) is 3. The molecule has 24 heavy (non-hydrogen) atoms. The Labute approximate surface area is 148 Å². The van der Waals surface area contributed by atoms with E-state index in [-0.39, 0.29) is 27.9 Å². The molecule has 0 aromatic heterocycles. The number of piperidine rings is 1. The second-order valence-corrected chi connectivity index (χ2v) is 8.95. The molecule has 132 valence electrons. The minimum atomic E-state index is -3.67. The number of carbonyl (C=O) groups is 1. The van der Waals surface area contributed by atoms with Crippen molar-refractivity contribution >= 4 is 27.7 Å². The number of hydrogen-bond acceptors (Lipinski definition) is 3. The number of hydrogen-bond donors (Lipinski definition) is 0. The smallest absolute Gasteiger partial charge is 0.319 e. The number of carbonyl (C=O) groups excluding carboxylic acids is 1. The van der Waals surface area contributed by atoms with Gasteiger partial charge in [0.2, 0.25) is 10.0 Å². The summed E-state index contributed by atoms with van der Waals surface area (Å²) in [5.41, 5.74) is 0. The zero-order valence-electron chi connectivity index (χ0n) is 13.9. The molecule has 0 aliphatic carbocycles. The Morgan fingerprint density at radius 3 is 2.54 bits per heavy atom. The van der Waals surface area contributed by atoms with Gasteiger partial charge in [-0.05, 0) is 30.9 Å². The van der Waals surface area contributed by atoms with E-state index in [0.717, 1.165) is 12.8 Å². The molecule has 3 fully saturated rings. The zero-order valence-corrected chi connectivity index (χ0v) is 15.4. The monoisotopic (exact) mass is 371 g/mol. The van der Waals surface area contributed by atoms with Crippen molar-refractivity contribution in [3.8, 4) is 0 Å². The van der Waals surface area contributed by atoms with E-state index in [1.165, 1.54) is 4.90 Å². The summed E-state index contributed by atoms with van der Waals surface area (Å²) in [6.07, 6.45) is 1.71. The van der Waals surface area contributed by atoms with Gasteiger partial charge in [-0.25, -0.2) is 13.2 Å². The maximum Gasteiger partial charge on any atom is 0.319 e. The van der Waals surface area contributed by atoms with Gasteiger partial charge in [0.25, 0.3) is 0 Å². The number of halogens is 1.